The van der Waals surface area contributed by atoms with Crippen LogP contribution in [0, 0.1) is 5.92 Å². The second kappa shape index (κ2) is 10.4. The molecule has 1 aliphatic carbocycles. The number of aliphatic hydroxyl groups excluding tert-OH is 1. The van der Waals surface area contributed by atoms with Crippen molar-refractivity contribution in [2.45, 2.75) is 76.7 Å². The van der Waals surface area contributed by atoms with Gasteiger partial charge in [-0.1, -0.05) is 38.1 Å². The van der Waals surface area contributed by atoms with Crippen LogP contribution >= 0.6 is 0 Å². The topological polar surface area (TPSA) is 111 Å². The van der Waals surface area contributed by atoms with Crippen molar-refractivity contribution in [3.05, 3.63) is 35.4 Å². The van der Waals surface area contributed by atoms with Gasteiger partial charge in [-0.05, 0) is 50.3 Å². The lowest BCUT2D eigenvalue weighted by atomic mass is 9.87. The number of likely N-dealkylation sites (N-methyl/N-ethyl adjacent to an activating group) is 1. The van der Waals surface area contributed by atoms with Gasteiger partial charge < -0.3 is 26.0 Å². The van der Waals surface area contributed by atoms with Crippen molar-refractivity contribution in [3.63, 3.8) is 0 Å². The Morgan fingerprint density at radius 3 is 2.56 bits per heavy atom. The molecule has 0 aromatic heterocycles. The van der Waals surface area contributed by atoms with E-state index in [0.717, 1.165) is 24.8 Å². The first-order valence-electron chi connectivity index (χ1n) is 11.6. The van der Waals surface area contributed by atoms with Gasteiger partial charge in [-0.2, -0.15) is 0 Å². The largest absolute Gasteiger partial charge is 0.391 e. The zero-order valence-electron chi connectivity index (χ0n) is 19.4. The number of aryl methyl sites for hydroxylation is 1. The first-order chi connectivity index (χ1) is 15.2. The zero-order valence-corrected chi connectivity index (χ0v) is 19.4. The molecule has 2 unspecified atom stereocenters. The number of amides is 3. The number of carbonyl (C=O) groups is 3. The number of fused-ring (bicyclic) bond motifs is 1. The quantitative estimate of drug-likeness (QED) is 0.499. The van der Waals surface area contributed by atoms with Gasteiger partial charge in [0.15, 0.2) is 0 Å². The molecule has 8 nitrogen and oxygen atoms in total. The van der Waals surface area contributed by atoms with E-state index >= 15 is 0 Å². The molecule has 3 amide bonds. The summed E-state index contributed by atoms with van der Waals surface area (Å²) in [6.45, 7) is 5.51. The molecule has 1 fully saturated rings. The molecule has 0 bridgehead atoms. The monoisotopic (exact) mass is 444 g/mol. The van der Waals surface area contributed by atoms with Crippen molar-refractivity contribution in [1.82, 2.24) is 20.9 Å². The molecule has 1 aromatic rings. The first kappa shape index (κ1) is 24.2. The number of nitrogens with one attached hydrogen (secondary N) is 3. The highest BCUT2D eigenvalue weighted by molar-refractivity contribution is 5.93. The summed E-state index contributed by atoms with van der Waals surface area (Å²) in [5, 5.41) is 19.1. The lowest BCUT2D eigenvalue weighted by molar-refractivity contribution is -0.143. The highest BCUT2D eigenvalue weighted by atomic mass is 16.3. The summed E-state index contributed by atoms with van der Waals surface area (Å²) in [6, 6.07) is 6.04. The van der Waals surface area contributed by atoms with Gasteiger partial charge in [0.1, 0.15) is 12.1 Å². The molecule has 0 saturated carbocycles. The highest BCUT2D eigenvalue weighted by Crippen LogP contribution is 2.30. The lowest BCUT2D eigenvalue weighted by Crippen LogP contribution is -2.57. The second-order valence-electron chi connectivity index (χ2n) is 9.29. The highest BCUT2D eigenvalue weighted by Gasteiger charge is 2.43. The van der Waals surface area contributed by atoms with Gasteiger partial charge in [0, 0.05) is 13.0 Å². The summed E-state index contributed by atoms with van der Waals surface area (Å²) < 4.78 is 0. The van der Waals surface area contributed by atoms with Crippen molar-refractivity contribution >= 4 is 17.7 Å². The molecular formula is C24H36N4O4. The van der Waals surface area contributed by atoms with Gasteiger partial charge in [0.2, 0.25) is 17.7 Å². The van der Waals surface area contributed by atoms with Gasteiger partial charge in [-0.3, -0.25) is 14.4 Å². The summed E-state index contributed by atoms with van der Waals surface area (Å²) in [6.07, 6.45) is 2.25. The standard InChI is InChI=1S/C24H36N4O4/c1-14(2)21(27-22(30)15(3)25-4)24(32)28-13-17(29)12-20(28)23(31)26-19-11-7-9-16-8-5-6-10-18(16)19/h5-6,8,10,14-15,17,19-21,25,29H,7,9,11-13H2,1-4H3,(H,26,31)(H,27,30)/t15-,17?,19?,20-,21-/m0/s1. The summed E-state index contributed by atoms with van der Waals surface area (Å²) in [5.41, 5.74) is 2.36. The van der Waals surface area contributed by atoms with E-state index in [1.807, 2.05) is 32.0 Å². The van der Waals surface area contributed by atoms with E-state index in [2.05, 4.69) is 22.0 Å². The number of benzene rings is 1. The SMILES string of the molecule is CN[C@@H](C)C(=O)N[C@H](C(=O)N1CC(O)C[C@H]1C(=O)NC1CCCc2ccccc21)C(C)C. The number of hydrogen-bond acceptors (Lipinski definition) is 5. The molecule has 32 heavy (non-hydrogen) atoms. The Bertz CT molecular complexity index is 843. The van der Waals surface area contributed by atoms with E-state index in [9.17, 15) is 19.5 Å². The van der Waals surface area contributed by atoms with Crippen LogP contribution in [0.4, 0.5) is 0 Å². The number of nitrogens with zero attached hydrogens (tertiary/aromatic N) is 1. The van der Waals surface area contributed by atoms with E-state index in [0.29, 0.717) is 0 Å². The number of likely N-dealkylation sites (tertiary alicyclic amines) is 1. The average Bonchev–Trinajstić information content (AvgIpc) is 3.18. The van der Waals surface area contributed by atoms with Gasteiger partial charge in [0.05, 0.1) is 18.2 Å². The molecule has 1 aliphatic heterocycles. The van der Waals surface area contributed by atoms with Crippen molar-refractivity contribution in [1.29, 1.82) is 0 Å². The molecule has 1 heterocycles. The summed E-state index contributed by atoms with van der Waals surface area (Å²) >= 11 is 0. The van der Waals surface area contributed by atoms with Gasteiger partial charge in [-0.15, -0.1) is 0 Å². The molecule has 1 aromatic carbocycles. The Hall–Kier alpha value is -2.45. The molecular weight excluding hydrogens is 408 g/mol. The van der Waals surface area contributed by atoms with E-state index in [1.165, 1.54) is 10.5 Å². The van der Waals surface area contributed by atoms with Crippen molar-refractivity contribution < 1.29 is 19.5 Å². The first-order valence-corrected chi connectivity index (χ1v) is 11.6. The minimum atomic E-state index is -0.770. The minimum Gasteiger partial charge on any atom is -0.391 e. The van der Waals surface area contributed by atoms with E-state index in [4.69, 9.17) is 0 Å². The van der Waals surface area contributed by atoms with Gasteiger partial charge in [0.25, 0.3) is 0 Å². The molecule has 4 N–H and O–H groups in total. The third-order valence-corrected chi connectivity index (χ3v) is 6.61. The van der Waals surface area contributed by atoms with Gasteiger partial charge >= 0.3 is 0 Å². The van der Waals surface area contributed by atoms with Crippen LogP contribution in [0.2, 0.25) is 0 Å². The fourth-order valence-corrected chi connectivity index (χ4v) is 4.58. The lowest BCUT2D eigenvalue weighted by Gasteiger charge is -2.32. The Labute approximate surface area is 190 Å². The molecule has 5 atom stereocenters. The van der Waals surface area contributed by atoms with Gasteiger partial charge in [-0.25, -0.2) is 0 Å². The van der Waals surface area contributed by atoms with Crippen LogP contribution in [0.5, 0.6) is 0 Å². The second-order valence-corrected chi connectivity index (χ2v) is 9.29. The van der Waals surface area contributed by atoms with Crippen LogP contribution in [-0.2, 0) is 20.8 Å². The fraction of sp³-hybridized carbons (Fsp3) is 0.625. The maximum absolute atomic E-state index is 13.4. The Balaban J connectivity index is 1.74. The molecule has 1 saturated heterocycles. The maximum atomic E-state index is 13.4. The van der Waals surface area contributed by atoms with E-state index in [1.54, 1.807) is 14.0 Å². The number of hydrogen-bond donors (Lipinski definition) is 4. The van der Waals surface area contributed by atoms with E-state index < -0.39 is 24.2 Å². The predicted octanol–water partition coefficient (Wildman–Crippen LogP) is 0.891. The molecule has 0 radical (unpaired) electrons. The van der Waals surface area contributed by atoms with Crippen molar-refractivity contribution in [2.75, 3.05) is 13.6 Å². The molecule has 0 spiro atoms. The van der Waals surface area contributed by atoms with Crippen LogP contribution in [0.25, 0.3) is 0 Å². The molecule has 8 heteroatoms. The number of rotatable bonds is 7. The molecule has 2 aliphatic rings. The third kappa shape index (κ3) is 5.30. The van der Waals surface area contributed by atoms with Crippen LogP contribution in [0.15, 0.2) is 24.3 Å². The number of aliphatic hydroxyl groups is 1. The number of β-amino-alcohol motifs (C(OH)–C–C–N with tert-alkyl or cyclic N) is 1. The Kier molecular flexibility index (Phi) is 7.90. The van der Waals surface area contributed by atoms with Crippen molar-refractivity contribution in [2.24, 2.45) is 5.92 Å². The van der Waals surface area contributed by atoms with Crippen LogP contribution in [0.1, 0.15) is 57.2 Å². The van der Waals surface area contributed by atoms with Crippen molar-refractivity contribution in [3.8, 4) is 0 Å². The summed E-state index contributed by atoms with van der Waals surface area (Å²) in [7, 11) is 1.68. The normalized spacial score (nSPS) is 24.6. The third-order valence-electron chi connectivity index (χ3n) is 6.61. The molecule has 3 rings (SSSR count). The van der Waals surface area contributed by atoms with Crippen LogP contribution < -0.4 is 16.0 Å². The molecule has 176 valence electrons. The summed E-state index contributed by atoms with van der Waals surface area (Å²) in [5.74, 6) is -1.03. The fourth-order valence-electron chi connectivity index (χ4n) is 4.58. The van der Waals surface area contributed by atoms with Crippen LogP contribution in [0.3, 0.4) is 0 Å². The predicted molar refractivity (Wildman–Crippen MR) is 122 cm³/mol. The maximum Gasteiger partial charge on any atom is 0.246 e. The number of carbonyl (C=O) groups excluding carboxylic acids is 3. The Morgan fingerprint density at radius 2 is 1.88 bits per heavy atom. The minimum absolute atomic E-state index is 0.0822. The average molecular weight is 445 g/mol. The summed E-state index contributed by atoms with van der Waals surface area (Å²) in [4.78, 5) is 40.5. The Morgan fingerprint density at radius 1 is 1.16 bits per heavy atom. The van der Waals surface area contributed by atoms with Crippen LogP contribution in [-0.4, -0.2) is 65.5 Å². The van der Waals surface area contributed by atoms with E-state index in [-0.39, 0.29) is 42.6 Å². The zero-order chi connectivity index (χ0) is 23.4. The smallest absolute Gasteiger partial charge is 0.246 e.